The molecule has 1 saturated heterocycles. The number of esters is 1. The lowest BCUT2D eigenvalue weighted by atomic mass is 9.74. The zero-order valence-corrected chi connectivity index (χ0v) is 14.4. The van der Waals surface area contributed by atoms with Crippen LogP contribution in [-0.4, -0.2) is 25.2 Å². The van der Waals surface area contributed by atoms with Gasteiger partial charge in [0.1, 0.15) is 6.10 Å². The minimum Gasteiger partial charge on any atom is -0.462 e. The average molecular weight is 295 g/mol. The summed E-state index contributed by atoms with van der Waals surface area (Å²) in [4.78, 5) is 12.9. The first-order chi connectivity index (χ1) is 9.86. The molecule has 1 heterocycles. The molecule has 4 atom stereocenters. The van der Waals surface area contributed by atoms with E-state index in [4.69, 9.17) is 4.74 Å². The molecular weight excluding hydrogens is 262 g/mol. The van der Waals surface area contributed by atoms with Gasteiger partial charge in [-0.05, 0) is 49.5 Å². The molecule has 0 spiro atoms. The first-order valence-electron chi connectivity index (χ1n) is 8.78. The molecule has 0 aromatic rings. The Bertz CT molecular complexity index is 358. The van der Waals surface area contributed by atoms with Crippen LogP contribution in [0.15, 0.2) is 0 Å². The minimum atomic E-state index is -0.303. The van der Waals surface area contributed by atoms with E-state index in [1.165, 1.54) is 12.8 Å². The Morgan fingerprint density at radius 2 is 1.95 bits per heavy atom. The van der Waals surface area contributed by atoms with Gasteiger partial charge in [0.05, 0.1) is 5.41 Å². The molecule has 0 bridgehead atoms. The summed E-state index contributed by atoms with van der Waals surface area (Å²) in [7, 11) is 0. The third-order valence-electron chi connectivity index (χ3n) is 5.92. The fourth-order valence-electron chi connectivity index (χ4n) is 4.12. The second-order valence-electron chi connectivity index (χ2n) is 8.01. The molecule has 0 radical (unpaired) electrons. The first kappa shape index (κ1) is 16.8. The predicted octanol–water partition coefficient (Wildman–Crippen LogP) is 3.63. The fourth-order valence-corrected chi connectivity index (χ4v) is 4.12. The molecule has 122 valence electrons. The summed E-state index contributed by atoms with van der Waals surface area (Å²) in [6.07, 6.45) is 4.55. The predicted molar refractivity (Wildman–Crippen MR) is 86.0 cm³/mol. The van der Waals surface area contributed by atoms with E-state index in [2.05, 4.69) is 39.9 Å². The van der Waals surface area contributed by atoms with Crippen LogP contribution in [0.1, 0.15) is 60.3 Å². The number of carbonyl (C=O) groups excluding carboxylic acids is 1. The van der Waals surface area contributed by atoms with Crippen molar-refractivity contribution < 1.29 is 9.53 Å². The molecule has 0 aromatic heterocycles. The van der Waals surface area contributed by atoms with E-state index in [9.17, 15) is 4.79 Å². The van der Waals surface area contributed by atoms with Gasteiger partial charge < -0.3 is 10.1 Å². The molecule has 3 nitrogen and oxygen atoms in total. The van der Waals surface area contributed by atoms with E-state index >= 15 is 0 Å². The standard InChI is InChI=1S/C18H33NO2/c1-12(2)15-7-6-14(5)10-16(15)21-17(20)18(13(3)4)8-9-19-11-18/h12-16,19H,6-11H2,1-5H3. The van der Waals surface area contributed by atoms with Gasteiger partial charge in [-0.1, -0.05) is 41.0 Å². The van der Waals surface area contributed by atoms with Gasteiger partial charge in [0.2, 0.25) is 0 Å². The van der Waals surface area contributed by atoms with E-state index in [0.717, 1.165) is 25.9 Å². The molecule has 0 aromatic carbocycles. The molecule has 1 saturated carbocycles. The number of rotatable bonds is 4. The Hall–Kier alpha value is -0.570. The topological polar surface area (TPSA) is 38.3 Å². The molecule has 21 heavy (non-hydrogen) atoms. The Kier molecular flexibility index (Phi) is 5.34. The summed E-state index contributed by atoms with van der Waals surface area (Å²) < 4.78 is 6.11. The van der Waals surface area contributed by atoms with Crippen LogP contribution in [0.3, 0.4) is 0 Å². The molecule has 1 aliphatic carbocycles. The fraction of sp³-hybridized carbons (Fsp3) is 0.944. The van der Waals surface area contributed by atoms with Crippen molar-refractivity contribution in [2.45, 2.75) is 66.4 Å². The second-order valence-corrected chi connectivity index (χ2v) is 8.01. The molecule has 3 heteroatoms. The summed E-state index contributed by atoms with van der Waals surface area (Å²) in [5, 5.41) is 3.35. The first-order valence-corrected chi connectivity index (χ1v) is 8.78. The summed E-state index contributed by atoms with van der Waals surface area (Å²) in [6, 6.07) is 0. The van der Waals surface area contributed by atoms with Crippen molar-refractivity contribution in [3.8, 4) is 0 Å². The van der Waals surface area contributed by atoms with Crippen LogP contribution in [-0.2, 0) is 9.53 Å². The van der Waals surface area contributed by atoms with E-state index in [-0.39, 0.29) is 17.5 Å². The molecule has 2 aliphatic rings. The van der Waals surface area contributed by atoms with Crippen LogP contribution in [0.2, 0.25) is 0 Å². The summed E-state index contributed by atoms with van der Waals surface area (Å²) >= 11 is 0. The van der Waals surface area contributed by atoms with Crippen LogP contribution in [0.25, 0.3) is 0 Å². The minimum absolute atomic E-state index is 0.0484. The highest BCUT2D eigenvalue weighted by Gasteiger charge is 2.47. The zero-order valence-electron chi connectivity index (χ0n) is 14.4. The van der Waals surface area contributed by atoms with Gasteiger partial charge in [-0.15, -0.1) is 0 Å². The number of ether oxygens (including phenoxy) is 1. The SMILES string of the molecule is CC1CCC(C(C)C)C(OC(=O)C2(C(C)C)CCNC2)C1. The van der Waals surface area contributed by atoms with Gasteiger partial charge in [-0.2, -0.15) is 0 Å². The van der Waals surface area contributed by atoms with Crippen molar-refractivity contribution in [1.82, 2.24) is 5.32 Å². The molecule has 1 N–H and O–H groups in total. The maximum absolute atomic E-state index is 12.9. The summed E-state index contributed by atoms with van der Waals surface area (Å²) in [5.41, 5.74) is -0.303. The molecule has 2 fully saturated rings. The van der Waals surface area contributed by atoms with E-state index < -0.39 is 0 Å². The lowest BCUT2D eigenvalue weighted by Crippen LogP contribution is -2.44. The molecule has 2 rings (SSSR count). The zero-order chi connectivity index (χ0) is 15.6. The van der Waals surface area contributed by atoms with Crippen molar-refractivity contribution in [1.29, 1.82) is 0 Å². The Labute approximate surface area is 130 Å². The van der Waals surface area contributed by atoms with Crippen LogP contribution < -0.4 is 5.32 Å². The van der Waals surface area contributed by atoms with Gasteiger partial charge in [0.25, 0.3) is 0 Å². The van der Waals surface area contributed by atoms with Crippen LogP contribution >= 0.6 is 0 Å². The van der Waals surface area contributed by atoms with Crippen molar-refractivity contribution in [2.24, 2.45) is 29.1 Å². The maximum atomic E-state index is 12.9. The summed E-state index contributed by atoms with van der Waals surface area (Å²) in [6.45, 7) is 12.8. The lowest BCUT2D eigenvalue weighted by Gasteiger charge is -2.39. The highest BCUT2D eigenvalue weighted by Crippen LogP contribution is 2.40. The molecule has 1 aliphatic heterocycles. The van der Waals surface area contributed by atoms with Crippen molar-refractivity contribution in [3.63, 3.8) is 0 Å². The summed E-state index contributed by atoms with van der Waals surface area (Å²) in [5.74, 6) is 2.18. The molecule has 4 unspecified atom stereocenters. The van der Waals surface area contributed by atoms with Gasteiger partial charge >= 0.3 is 5.97 Å². The number of carbonyl (C=O) groups is 1. The van der Waals surface area contributed by atoms with Crippen molar-refractivity contribution in [3.05, 3.63) is 0 Å². The van der Waals surface area contributed by atoms with Crippen molar-refractivity contribution >= 4 is 5.97 Å². The van der Waals surface area contributed by atoms with Gasteiger partial charge in [-0.3, -0.25) is 4.79 Å². The van der Waals surface area contributed by atoms with Crippen LogP contribution in [0.5, 0.6) is 0 Å². The lowest BCUT2D eigenvalue weighted by molar-refractivity contribution is -0.170. The third kappa shape index (κ3) is 3.44. The van der Waals surface area contributed by atoms with Gasteiger partial charge in [0.15, 0.2) is 0 Å². The highest BCUT2D eigenvalue weighted by atomic mass is 16.5. The maximum Gasteiger partial charge on any atom is 0.313 e. The average Bonchev–Trinajstić information content (AvgIpc) is 2.88. The second kappa shape index (κ2) is 6.68. The molecular formula is C18H33NO2. The van der Waals surface area contributed by atoms with E-state index in [0.29, 0.717) is 23.7 Å². The number of hydrogen-bond donors (Lipinski definition) is 1. The van der Waals surface area contributed by atoms with Crippen molar-refractivity contribution in [2.75, 3.05) is 13.1 Å². The van der Waals surface area contributed by atoms with E-state index in [1.54, 1.807) is 0 Å². The molecule has 0 amide bonds. The highest BCUT2D eigenvalue weighted by molar-refractivity contribution is 5.78. The largest absolute Gasteiger partial charge is 0.462 e. The van der Waals surface area contributed by atoms with Crippen LogP contribution in [0.4, 0.5) is 0 Å². The van der Waals surface area contributed by atoms with Crippen LogP contribution in [0, 0.1) is 29.1 Å². The Morgan fingerprint density at radius 3 is 2.48 bits per heavy atom. The quantitative estimate of drug-likeness (QED) is 0.805. The Balaban J connectivity index is 2.08. The smallest absolute Gasteiger partial charge is 0.313 e. The van der Waals surface area contributed by atoms with E-state index in [1.807, 2.05) is 0 Å². The number of nitrogens with one attached hydrogen (secondary N) is 1. The Morgan fingerprint density at radius 1 is 1.24 bits per heavy atom. The van der Waals surface area contributed by atoms with Gasteiger partial charge in [-0.25, -0.2) is 0 Å². The third-order valence-corrected chi connectivity index (χ3v) is 5.92. The number of hydrogen-bond acceptors (Lipinski definition) is 3. The van der Waals surface area contributed by atoms with Gasteiger partial charge in [0, 0.05) is 6.54 Å². The monoisotopic (exact) mass is 295 g/mol. The normalized spacial score (nSPS) is 37.2.